The van der Waals surface area contributed by atoms with Crippen LogP contribution in [0.4, 0.5) is 0 Å². The average Bonchev–Trinajstić information content (AvgIpc) is 2.95. The van der Waals surface area contributed by atoms with Crippen molar-refractivity contribution in [1.82, 2.24) is 9.80 Å². The molecule has 6 nitrogen and oxygen atoms in total. The summed E-state index contributed by atoms with van der Waals surface area (Å²) in [6.07, 6.45) is 3.28. The van der Waals surface area contributed by atoms with E-state index in [0.717, 1.165) is 25.7 Å². The smallest absolute Gasteiger partial charge is 0.303 e. The highest BCUT2D eigenvalue weighted by Gasteiger charge is 2.38. The summed E-state index contributed by atoms with van der Waals surface area (Å²) in [5.74, 6) is -0.598. The molecule has 2 amide bonds. The Morgan fingerprint density at radius 1 is 1.09 bits per heavy atom. The lowest BCUT2D eigenvalue weighted by atomic mass is 9.93. The Hall–Kier alpha value is -1.59. The summed E-state index contributed by atoms with van der Waals surface area (Å²) in [4.78, 5) is 39.2. The molecule has 1 unspecified atom stereocenters. The fourth-order valence-electron chi connectivity index (χ4n) is 3.43. The Morgan fingerprint density at radius 2 is 1.73 bits per heavy atom. The largest absolute Gasteiger partial charge is 0.481 e. The van der Waals surface area contributed by atoms with E-state index < -0.39 is 5.97 Å². The van der Waals surface area contributed by atoms with Gasteiger partial charge in [0.15, 0.2) is 0 Å². The minimum absolute atomic E-state index is 0.0419. The van der Waals surface area contributed by atoms with Crippen LogP contribution in [0.2, 0.25) is 0 Å². The van der Waals surface area contributed by atoms with Crippen molar-refractivity contribution in [3.8, 4) is 0 Å². The second-order valence-electron chi connectivity index (χ2n) is 6.71. The van der Waals surface area contributed by atoms with E-state index in [1.54, 1.807) is 4.90 Å². The number of carbonyl (C=O) groups is 3. The molecule has 0 saturated carbocycles. The summed E-state index contributed by atoms with van der Waals surface area (Å²) in [6.45, 7) is 5.61. The molecule has 0 aliphatic carbocycles. The lowest BCUT2D eigenvalue weighted by molar-refractivity contribution is -0.146. The quantitative estimate of drug-likeness (QED) is 0.850. The molecule has 0 bridgehead atoms. The predicted molar refractivity (Wildman–Crippen MR) is 81.1 cm³/mol. The molecule has 2 heterocycles. The molecule has 2 aliphatic heterocycles. The highest BCUT2D eigenvalue weighted by Crippen LogP contribution is 2.25. The summed E-state index contributed by atoms with van der Waals surface area (Å²) in [7, 11) is 0. The molecular formula is C16H26N2O4. The van der Waals surface area contributed by atoms with Crippen LogP contribution in [-0.2, 0) is 14.4 Å². The van der Waals surface area contributed by atoms with Crippen molar-refractivity contribution < 1.29 is 19.5 Å². The van der Waals surface area contributed by atoms with E-state index in [1.165, 1.54) is 0 Å². The molecular weight excluding hydrogens is 284 g/mol. The fraction of sp³-hybridized carbons (Fsp3) is 0.812. The first-order valence-corrected chi connectivity index (χ1v) is 8.21. The van der Waals surface area contributed by atoms with Gasteiger partial charge in [0.1, 0.15) is 6.04 Å². The molecule has 124 valence electrons. The number of aliphatic carboxylic acids is 1. The van der Waals surface area contributed by atoms with Crippen LogP contribution in [0.15, 0.2) is 0 Å². The maximum absolute atomic E-state index is 12.7. The van der Waals surface area contributed by atoms with Gasteiger partial charge in [-0.2, -0.15) is 0 Å². The molecule has 2 rings (SSSR count). The van der Waals surface area contributed by atoms with E-state index in [2.05, 4.69) is 0 Å². The minimum Gasteiger partial charge on any atom is -0.481 e. The summed E-state index contributed by atoms with van der Waals surface area (Å²) < 4.78 is 0. The number of rotatable bonds is 4. The van der Waals surface area contributed by atoms with Crippen molar-refractivity contribution in [2.75, 3.05) is 19.6 Å². The Kier molecular flexibility index (Phi) is 5.42. The van der Waals surface area contributed by atoms with E-state index in [4.69, 9.17) is 5.11 Å². The molecule has 0 aromatic rings. The first-order valence-electron chi connectivity index (χ1n) is 8.21. The van der Waals surface area contributed by atoms with Gasteiger partial charge in [0, 0.05) is 32.0 Å². The van der Waals surface area contributed by atoms with E-state index in [0.29, 0.717) is 19.6 Å². The fourth-order valence-corrected chi connectivity index (χ4v) is 3.43. The standard InChI is InChI=1S/C16H26N2O4/c1-11(2)15(21)18-7-3-4-13(18)16(22)17-8-5-12(6-9-17)10-14(19)20/h11-13H,3-10H2,1-2H3,(H,19,20). The van der Waals surface area contributed by atoms with Crippen molar-refractivity contribution in [2.24, 2.45) is 11.8 Å². The number of nitrogens with zero attached hydrogens (tertiary/aromatic N) is 2. The number of carboxylic acids is 1. The molecule has 1 atom stereocenters. The predicted octanol–water partition coefficient (Wildman–Crippen LogP) is 1.35. The molecule has 1 N–H and O–H groups in total. The lowest BCUT2D eigenvalue weighted by Crippen LogP contribution is -2.50. The van der Waals surface area contributed by atoms with Gasteiger partial charge in [0.05, 0.1) is 0 Å². The maximum Gasteiger partial charge on any atom is 0.303 e. The maximum atomic E-state index is 12.7. The topological polar surface area (TPSA) is 77.9 Å². The summed E-state index contributed by atoms with van der Waals surface area (Å²) >= 11 is 0. The first kappa shape index (κ1) is 16.8. The number of amides is 2. The zero-order valence-corrected chi connectivity index (χ0v) is 13.5. The van der Waals surface area contributed by atoms with Crippen LogP contribution in [0.1, 0.15) is 46.0 Å². The summed E-state index contributed by atoms with van der Waals surface area (Å²) in [5.41, 5.74) is 0. The molecule has 0 aromatic carbocycles. The SMILES string of the molecule is CC(C)C(=O)N1CCCC1C(=O)N1CCC(CC(=O)O)CC1. The first-order chi connectivity index (χ1) is 10.4. The van der Waals surface area contributed by atoms with Gasteiger partial charge in [-0.25, -0.2) is 0 Å². The molecule has 0 aromatic heterocycles. The second kappa shape index (κ2) is 7.11. The highest BCUT2D eigenvalue weighted by atomic mass is 16.4. The van der Waals surface area contributed by atoms with Gasteiger partial charge < -0.3 is 14.9 Å². The van der Waals surface area contributed by atoms with E-state index >= 15 is 0 Å². The van der Waals surface area contributed by atoms with Gasteiger partial charge in [0.2, 0.25) is 11.8 Å². The Morgan fingerprint density at radius 3 is 2.27 bits per heavy atom. The zero-order valence-electron chi connectivity index (χ0n) is 13.5. The zero-order chi connectivity index (χ0) is 16.3. The van der Waals surface area contributed by atoms with Gasteiger partial charge in [-0.1, -0.05) is 13.8 Å². The molecule has 0 radical (unpaired) electrons. The number of piperidine rings is 1. The number of hydrogen-bond donors (Lipinski definition) is 1. The highest BCUT2D eigenvalue weighted by molar-refractivity contribution is 5.89. The van der Waals surface area contributed by atoms with Gasteiger partial charge in [-0.05, 0) is 31.6 Å². The molecule has 2 fully saturated rings. The molecule has 6 heteroatoms. The molecule has 22 heavy (non-hydrogen) atoms. The van der Waals surface area contributed by atoms with Crippen LogP contribution in [0.5, 0.6) is 0 Å². The number of carbonyl (C=O) groups excluding carboxylic acids is 2. The summed E-state index contributed by atoms with van der Waals surface area (Å²) in [6, 6.07) is -0.314. The Labute approximate surface area is 131 Å². The number of likely N-dealkylation sites (tertiary alicyclic amines) is 2. The van der Waals surface area contributed by atoms with Crippen molar-refractivity contribution in [3.05, 3.63) is 0 Å². The van der Waals surface area contributed by atoms with Crippen LogP contribution < -0.4 is 0 Å². The van der Waals surface area contributed by atoms with Crippen molar-refractivity contribution >= 4 is 17.8 Å². The van der Waals surface area contributed by atoms with Gasteiger partial charge in [0.25, 0.3) is 0 Å². The minimum atomic E-state index is -0.769. The van der Waals surface area contributed by atoms with Crippen LogP contribution in [0.3, 0.4) is 0 Å². The third-order valence-electron chi connectivity index (χ3n) is 4.70. The van der Waals surface area contributed by atoms with Gasteiger partial charge in [-0.3, -0.25) is 14.4 Å². The van der Waals surface area contributed by atoms with E-state index in [1.807, 2.05) is 18.7 Å². The Bertz CT molecular complexity index is 441. The van der Waals surface area contributed by atoms with E-state index in [9.17, 15) is 14.4 Å². The number of carboxylic acid groups (broad SMARTS) is 1. The normalized spacial score (nSPS) is 23.1. The monoisotopic (exact) mass is 310 g/mol. The Balaban J connectivity index is 1.92. The van der Waals surface area contributed by atoms with E-state index in [-0.39, 0.29) is 36.1 Å². The lowest BCUT2D eigenvalue weighted by Gasteiger charge is -2.35. The van der Waals surface area contributed by atoms with Gasteiger partial charge >= 0.3 is 5.97 Å². The second-order valence-corrected chi connectivity index (χ2v) is 6.71. The van der Waals surface area contributed by atoms with Crippen molar-refractivity contribution in [3.63, 3.8) is 0 Å². The molecule has 2 saturated heterocycles. The van der Waals surface area contributed by atoms with Crippen LogP contribution >= 0.6 is 0 Å². The van der Waals surface area contributed by atoms with Crippen molar-refractivity contribution in [1.29, 1.82) is 0 Å². The van der Waals surface area contributed by atoms with Crippen LogP contribution in [-0.4, -0.2) is 58.4 Å². The molecule has 0 spiro atoms. The van der Waals surface area contributed by atoms with Gasteiger partial charge in [-0.15, -0.1) is 0 Å². The third-order valence-corrected chi connectivity index (χ3v) is 4.70. The summed E-state index contributed by atoms with van der Waals surface area (Å²) in [5, 5.41) is 8.84. The number of hydrogen-bond acceptors (Lipinski definition) is 3. The average molecular weight is 310 g/mol. The third kappa shape index (κ3) is 3.78. The molecule has 2 aliphatic rings. The van der Waals surface area contributed by atoms with Crippen LogP contribution in [0.25, 0.3) is 0 Å². The van der Waals surface area contributed by atoms with Crippen LogP contribution in [0, 0.1) is 11.8 Å². The van der Waals surface area contributed by atoms with Crippen molar-refractivity contribution in [2.45, 2.75) is 52.0 Å².